The summed E-state index contributed by atoms with van der Waals surface area (Å²) in [6.45, 7) is 8.96. The molecule has 1 fully saturated rings. The molecule has 1 aliphatic rings. The molecule has 0 radical (unpaired) electrons. The smallest absolute Gasteiger partial charge is 0.203 e. The van der Waals surface area contributed by atoms with Crippen molar-refractivity contribution in [3.8, 4) is 0 Å². The fourth-order valence-electron chi connectivity index (χ4n) is 2.40. The second-order valence-electron chi connectivity index (χ2n) is 5.49. The molecule has 0 bridgehead atoms. The average Bonchev–Trinajstić information content (AvgIpc) is 2.63. The van der Waals surface area contributed by atoms with Crippen LogP contribution in [0.3, 0.4) is 0 Å². The van der Waals surface area contributed by atoms with Crippen molar-refractivity contribution in [2.24, 2.45) is 0 Å². The number of nitrogens with zero attached hydrogens (tertiary/aromatic N) is 2. The van der Waals surface area contributed by atoms with Crippen molar-refractivity contribution in [2.45, 2.75) is 58.5 Å². The quantitative estimate of drug-likeness (QED) is 0.757. The molecule has 4 nitrogen and oxygen atoms in total. The molecular weight excluding hydrogens is 226 g/mol. The minimum Gasteiger partial charge on any atom is -0.382 e. The molecule has 0 atom stereocenters. The van der Waals surface area contributed by atoms with Gasteiger partial charge in [-0.05, 0) is 46.5 Å². The Kier molecular flexibility index (Phi) is 4.27. The van der Waals surface area contributed by atoms with Gasteiger partial charge in [0.25, 0.3) is 0 Å². The van der Waals surface area contributed by atoms with Crippen LogP contribution < -0.4 is 5.32 Å². The fourth-order valence-corrected chi connectivity index (χ4v) is 2.40. The maximum Gasteiger partial charge on any atom is 0.203 e. The Morgan fingerprint density at radius 1 is 1.50 bits per heavy atom. The van der Waals surface area contributed by atoms with Crippen molar-refractivity contribution >= 4 is 5.95 Å². The van der Waals surface area contributed by atoms with Gasteiger partial charge < -0.3 is 14.6 Å². The molecule has 0 spiro atoms. The van der Waals surface area contributed by atoms with Crippen LogP contribution in [0.25, 0.3) is 0 Å². The van der Waals surface area contributed by atoms with Gasteiger partial charge in [-0.1, -0.05) is 0 Å². The summed E-state index contributed by atoms with van der Waals surface area (Å²) in [7, 11) is 0. The van der Waals surface area contributed by atoms with Crippen LogP contribution in [-0.2, 0) is 11.3 Å². The Morgan fingerprint density at radius 3 is 2.89 bits per heavy atom. The Bertz CT molecular complexity index is 382. The molecule has 4 heteroatoms. The Balaban J connectivity index is 1.92. The van der Waals surface area contributed by atoms with Crippen LogP contribution in [0.15, 0.2) is 6.20 Å². The van der Waals surface area contributed by atoms with Crippen molar-refractivity contribution in [3.63, 3.8) is 0 Å². The van der Waals surface area contributed by atoms with E-state index in [0.717, 1.165) is 37.8 Å². The lowest BCUT2D eigenvalue weighted by Crippen LogP contribution is -2.42. The van der Waals surface area contributed by atoms with E-state index in [1.165, 1.54) is 19.3 Å². The lowest BCUT2D eigenvalue weighted by Gasteiger charge is -2.39. The number of aryl methyl sites for hydroxylation is 2. The van der Waals surface area contributed by atoms with Gasteiger partial charge in [0, 0.05) is 31.5 Å². The van der Waals surface area contributed by atoms with Crippen LogP contribution >= 0.6 is 0 Å². The molecule has 0 unspecified atom stereocenters. The molecule has 0 amide bonds. The summed E-state index contributed by atoms with van der Waals surface area (Å²) in [5.74, 6) is 1.02. The number of nitrogens with one attached hydrogen (secondary N) is 1. The van der Waals surface area contributed by atoms with Crippen molar-refractivity contribution in [2.75, 3.05) is 18.5 Å². The number of ether oxygens (including phenoxy) is 1. The zero-order valence-corrected chi connectivity index (χ0v) is 11.8. The Morgan fingerprint density at radius 2 is 2.28 bits per heavy atom. The monoisotopic (exact) mass is 251 g/mol. The molecule has 18 heavy (non-hydrogen) atoms. The van der Waals surface area contributed by atoms with Crippen LogP contribution in [0.2, 0.25) is 0 Å². The molecule has 102 valence electrons. The lowest BCUT2D eigenvalue weighted by molar-refractivity contribution is 0.141. The van der Waals surface area contributed by atoms with E-state index in [0.29, 0.717) is 0 Å². The largest absolute Gasteiger partial charge is 0.382 e. The van der Waals surface area contributed by atoms with Crippen molar-refractivity contribution in [3.05, 3.63) is 11.9 Å². The van der Waals surface area contributed by atoms with E-state index in [4.69, 9.17) is 4.74 Å². The molecule has 0 saturated heterocycles. The van der Waals surface area contributed by atoms with Crippen molar-refractivity contribution in [1.29, 1.82) is 0 Å². The van der Waals surface area contributed by atoms with Crippen molar-refractivity contribution < 1.29 is 4.74 Å². The lowest BCUT2D eigenvalue weighted by atomic mass is 9.79. The highest BCUT2D eigenvalue weighted by Gasteiger charge is 2.32. The number of rotatable bonds is 7. The second kappa shape index (κ2) is 5.74. The molecule has 1 aromatic rings. The molecule has 1 heterocycles. The van der Waals surface area contributed by atoms with Gasteiger partial charge >= 0.3 is 0 Å². The van der Waals surface area contributed by atoms with E-state index in [-0.39, 0.29) is 5.54 Å². The molecule has 1 aromatic heterocycles. The molecule has 0 aromatic carbocycles. The zero-order chi connectivity index (χ0) is 13.0. The number of hydrogen-bond donors (Lipinski definition) is 1. The molecule has 1 aliphatic carbocycles. The molecule has 1 saturated carbocycles. The SMILES string of the molecule is CCOCCCn1cc(C)nc1NC1(C)CCC1. The average molecular weight is 251 g/mol. The van der Waals surface area contributed by atoms with E-state index in [9.17, 15) is 0 Å². The third-order valence-corrected chi connectivity index (χ3v) is 3.66. The van der Waals surface area contributed by atoms with E-state index in [2.05, 4.69) is 28.0 Å². The van der Waals surface area contributed by atoms with E-state index < -0.39 is 0 Å². The van der Waals surface area contributed by atoms with Crippen LogP contribution in [-0.4, -0.2) is 28.3 Å². The van der Waals surface area contributed by atoms with Crippen LogP contribution in [0.4, 0.5) is 5.95 Å². The van der Waals surface area contributed by atoms with Gasteiger partial charge in [-0.25, -0.2) is 4.98 Å². The summed E-state index contributed by atoms with van der Waals surface area (Å²) in [5.41, 5.74) is 1.34. The summed E-state index contributed by atoms with van der Waals surface area (Å²) in [4.78, 5) is 4.59. The number of imidazole rings is 1. The first-order valence-corrected chi connectivity index (χ1v) is 7.03. The van der Waals surface area contributed by atoms with Gasteiger partial charge in [0.05, 0.1) is 5.69 Å². The minimum atomic E-state index is 0.259. The topological polar surface area (TPSA) is 39.1 Å². The van der Waals surface area contributed by atoms with E-state index in [1.807, 2.05) is 13.8 Å². The highest BCUT2D eigenvalue weighted by Crippen LogP contribution is 2.34. The predicted octanol–water partition coefficient (Wildman–Crippen LogP) is 2.97. The van der Waals surface area contributed by atoms with E-state index >= 15 is 0 Å². The fraction of sp³-hybridized carbons (Fsp3) is 0.786. The standard InChI is InChI=1S/C14H25N3O/c1-4-18-10-6-9-17-11-12(2)15-13(17)16-14(3)7-5-8-14/h11H,4-10H2,1-3H3,(H,15,16). The molecule has 2 rings (SSSR count). The van der Waals surface area contributed by atoms with E-state index in [1.54, 1.807) is 0 Å². The van der Waals surface area contributed by atoms with Gasteiger partial charge in [0.15, 0.2) is 0 Å². The predicted molar refractivity (Wildman–Crippen MR) is 74.0 cm³/mol. The summed E-state index contributed by atoms with van der Waals surface area (Å²) in [5, 5.41) is 3.60. The first-order chi connectivity index (χ1) is 8.63. The second-order valence-corrected chi connectivity index (χ2v) is 5.49. The highest BCUT2D eigenvalue weighted by molar-refractivity contribution is 5.33. The molecule has 0 aliphatic heterocycles. The first-order valence-electron chi connectivity index (χ1n) is 7.03. The normalized spacial score (nSPS) is 17.5. The third-order valence-electron chi connectivity index (χ3n) is 3.66. The van der Waals surface area contributed by atoms with Crippen LogP contribution in [0, 0.1) is 6.92 Å². The Hall–Kier alpha value is -1.03. The van der Waals surface area contributed by atoms with Gasteiger partial charge in [0.2, 0.25) is 5.95 Å². The first kappa shape index (κ1) is 13.4. The van der Waals surface area contributed by atoms with Crippen LogP contribution in [0.5, 0.6) is 0 Å². The van der Waals surface area contributed by atoms with Gasteiger partial charge in [-0.3, -0.25) is 0 Å². The summed E-state index contributed by atoms with van der Waals surface area (Å²) >= 11 is 0. The maximum atomic E-state index is 5.38. The van der Waals surface area contributed by atoms with Gasteiger partial charge in [-0.15, -0.1) is 0 Å². The van der Waals surface area contributed by atoms with Crippen LogP contribution in [0.1, 0.15) is 45.2 Å². The maximum absolute atomic E-state index is 5.38. The Labute approximate surface area is 110 Å². The minimum absolute atomic E-state index is 0.259. The highest BCUT2D eigenvalue weighted by atomic mass is 16.5. The molecule has 1 N–H and O–H groups in total. The number of aromatic nitrogens is 2. The third kappa shape index (κ3) is 3.25. The number of anilines is 1. The van der Waals surface area contributed by atoms with Gasteiger partial charge in [-0.2, -0.15) is 0 Å². The van der Waals surface area contributed by atoms with Crippen molar-refractivity contribution in [1.82, 2.24) is 9.55 Å². The summed E-state index contributed by atoms with van der Waals surface area (Å²) < 4.78 is 7.60. The number of hydrogen-bond acceptors (Lipinski definition) is 3. The summed E-state index contributed by atoms with van der Waals surface area (Å²) in [6.07, 6.45) is 6.98. The summed E-state index contributed by atoms with van der Waals surface area (Å²) in [6, 6.07) is 0. The zero-order valence-electron chi connectivity index (χ0n) is 11.8. The molecular formula is C14H25N3O. The van der Waals surface area contributed by atoms with Gasteiger partial charge in [0.1, 0.15) is 0 Å².